The Kier molecular flexibility index (Phi) is 10.6. The second-order valence-corrected chi connectivity index (χ2v) is 6.07. The van der Waals surface area contributed by atoms with Crippen LogP contribution in [0, 0.1) is 12.3 Å². The van der Waals surface area contributed by atoms with E-state index in [-0.39, 0.29) is 0 Å². The van der Waals surface area contributed by atoms with Crippen LogP contribution in [0.4, 0.5) is 0 Å². The van der Waals surface area contributed by atoms with Gasteiger partial charge in [-0.05, 0) is 49.7 Å². The fraction of sp³-hybridized carbons (Fsp3) is 0.619. The van der Waals surface area contributed by atoms with E-state index in [9.17, 15) is 0 Å². The van der Waals surface area contributed by atoms with Crippen molar-refractivity contribution in [1.82, 2.24) is 0 Å². The van der Waals surface area contributed by atoms with Crippen LogP contribution in [0.15, 0.2) is 24.3 Å². The minimum Gasteiger partial charge on any atom is -0.0891 e. The van der Waals surface area contributed by atoms with Crippen molar-refractivity contribution < 1.29 is 0 Å². The normalized spacial score (nSPS) is 10.5. The van der Waals surface area contributed by atoms with Crippen LogP contribution in [0.25, 0.3) is 0 Å². The van der Waals surface area contributed by atoms with Crippen molar-refractivity contribution in [2.75, 3.05) is 0 Å². The number of rotatable bonds is 12. The second-order valence-electron chi connectivity index (χ2n) is 6.07. The molecule has 0 unspecified atom stereocenters. The molecule has 0 saturated carbocycles. The average molecular weight is 283 g/mol. The van der Waals surface area contributed by atoms with Gasteiger partial charge in [-0.2, -0.15) is 0 Å². The lowest BCUT2D eigenvalue weighted by atomic mass is 10.0. The van der Waals surface area contributed by atoms with Gasteiger partial charge in [-0.15, -0.1) is 0 Å². The zero-order valence-electron chi connectivity index (χ0n) is 13.8. The Morgan fingerprint density at radius 3 is 1.71 bits per heavy atom. The predicted octanol–water partition coefficient (Wildman–Crippen LogP) is 6.28. The molecular formula is C21H31. The van der Waals surface area contributed by atoms with Crippen LogP contribution < -0.4 is 0 Å². The lowest BCUT2D eigenvalue weighted by Crippen LogP contribution is -1.89. The Morgan fingerprint density at radius 2 is 1.19 bits per heavy atom. The molecule has 21 heavy (non-hydrogen) atoms. The molecule has 115 valence electrons. The van der Waals surface area contributed by atoms with Crippen LogP contribution in [0.1, 0.15) is 82.3 Å². The monoisotopic (exact) mass is 283 g/mol. The Morgan fingerprint density at radius 1 is 0.714 bits per heavy atom. The fourth-order valence-electron chi connectivity index (χ4n) is 2.70. The second kappa shape index (κ2) is 12.5. The summed E-state index contributed by atoms with van der Waals surface area (Å²) < 4.78 is 0. The highest BCUT2D eigenvalue weighted by Gasteiger charge is 1.97. The van der Waals surface area contributed by atoms with Gasteiger partial charge in [0.25, 0.3) is 0 Å². The van der Waals surface area contributed by atoms with Crippen LogP contribution in [-0.4, -0.2) is 0 Å². The van der Waals surface area contributed by atoms with Crippen molar-refractivity contribution in [3.05, 3.63) is 41.8 Å². The molecule has 0 fully saturated rings. The third-order valence-corrected chi connectivity index (χ3v) is 4.11. The largest absolute Gasteiger partial charge is 0.0891 e. The molecule has 1 radical (unpaired) electrons. The summed E-state index contributed by atoms with van der Waals surface area (Å²) in [4.78, 5) is 0. The van der Waals surface area contributed by atoms with Gasteiger partial charge in [0, 0.05) is 6.42 Å². The van der Waals surface area contributed by atoms with Gasteiger partial charge in [0.05, 0.1) is 0 Å². The van der Waals surface area contributed by atoms with Crippen LogP contribution in [0.2, 0.25) is 0 Å². The van der Waals surface area contributed by atoms with E-state index in [0.717, 1.165) is 12.8 Å². The fourth-order valence-corrected chi connectivity index (χ4v) is 2.70. The average Bonchev–Trinajstić information content (AvgIpc) is 2.52. The van der Waals surface area contributed by atoms with E-state index in [2.05, 4.69) is 37.1 Å². The molecule has 0 aliphatic heterocycles. The SMILES string of the molecule is [C]#CCCCCCc1ccc(CCCCCCCC)cc1. The summed E-state index contributed by atoms with van der Waals surface area (Å²) in [6.07, 6.45) is 21.9. The van der Waals surface area contributed by atoms with Gasteiger partial charge in [-0.3, -0.25) is 0 Å². The van der Waals surface area contributed by atoms with Gasteiger partial charge in [0.15, 0.2) is 0 Å². The first kappa shape index (κ1) is 17.8. The van der Waals surface area contributed by atoms with Crippen molar-refractivity contribution >= 4 is 0 Å². The third kappa shape index (κ3) is 9.35. The molecule has 1 aromatic carbocycles. The number of hydrogen-bond donors (Lipinski definition) is 0. The molecule has 0 amide bonds. The topological polar surface area (TPSA) is 0 Å². The highest BCUT2D eigenvalue weighted by atomic mass is 14.0. The van der Waals surface area contributed by atoms with E-state index in [1.807, 2.05) is 0 Å². The van der Waals surface area contributed by atoms with Crippen LogP contribution in [-0.2, 0) is 12.8 Å². The van der Waals surface area contributed by atoms with Gasteiger partial charge in [-0.1, -0.05) is 75.6 Å². The zero-order chi connectivity index (χ0) is 15.2. The lowest BCUT2D eigenvalue weighted by Gasteiger charge is -2.05. The number of aryl methyl sites for hydroxylation is 2. The summed E-state index contributed by atoms with van der Waals surface area (Å²) in [7, 11) is 0. The van der Waals surface area contributed by atoms with E-state index >= 15 is 0 Å². The van der Waals surface area contributed by atoms with Crippen molar-refractivity contribution in [3.63, 3.8) is 0 Å². The van der Waals surface area contributed by atoms with Crippen molar-refractivity contribution in [2.45, 2.75) is 84.0 Å². The molecule has 0 spiro atoms. The molecule has 1 rings (SSSR count). The van der Waals surface area contributed by atoms with Crippen LogP contribution >= 0.6 is 0 Å². The summed E-state index contributed by atoms with van der Waals surface area (Å²) >= 11 is 0. The van der Waals surface area contributed by atoms with E-state index in [1.54, 1.807) is 0 Å². The van der Waals surface area contributed by atoms with Crippen molar-refractivity contribution in [2.24, 2.45) is 0 Å². The van der Waals surface area contributed by atoms with Crippen molar-refractivity contribution in [1.29, 1.82) is 0 Å². The minimum atomic E-state index is 0.817. The number of hydrogen-bond acceptors (Lipinski definition) is 0. The highest BCUT2D eigenvalue weighted by molar-refractivity contribution is 5.22. The van der Waals surface area contributed by atoms with Gasteiger partial charge in [0.2, 0.25) is 0 Å². The molecule has 0 heterocycles. The molecule has 0 aromatic heterocycles. The molecule has 1 aromatic rings. The molecular weight excluding hydrogens is 252 g/mol. The molecule has 0 saturated heterocycles. The molecule has 0 heteroatoms. The number of unbranched alkanes of at least 4 members (excludes halogenated alkanes) is 8. The Bertz CT molecular complexity index is 379. The Hall–Kier alpha value is -1.22. The zero-order valence-corrected chi connectivity index (χ0v) is 13.8. The van der Waals surface area contributed by atoms with Gasteiger partial charge in [-0.25, -0.2) is 0 Å². The third-order valence-electron chi connectivity index (χ3n) is 4.11. The molecule has 0 N–H and O–H groups in total. The Labute approximate surface area is 132 Å². The molecule has 0 aliphatic rings. The van der Waals surface area contributed by atoms with Gasteiger partial charge in [0.1, 0.15) is 0 Å². The summed E-state index contributed by atoms with van der Waals surface area (Å²) in [6, 6.07) is 9.23. The predicted molar refractivity (Wildman–Crippen MR) is 92.8 cm³/mol. The molecule has 0 bridgehead atoms. The van der Waals surface area contributed by atoms with E-state index in [4.69, 9.17) is 6.42 Å². The highest BCUT2D eigenvalue weighted by Crippen LogP contribution is 2.13. The molecule has 0 atom stereocenters. The lowest BCUT2D eigenvalue weighted by molar-refractivity contribution is 0.607. The van der Waals surface area contributed by atoms with E-state index < -0.39 is 0 Å². The maximum absolute atomic E-state index is 6.88. The number of benzene rings is 1. The van der Waals surface area contributed by atoms with Gasteiger partial charge < -0.3 is 0 Å². The maximum atomic E-state index is 6.88. The van der Waals surface area contributed by atoms with Crippen molar-refractivity contribution in [3.8, 4) is 5.92 Å². The molecule has 0 nitrogen and oxygen atoms in total. The smallest absolute Gasteiger partial charge is 0.00989 e. The molecule has 0 aliphatic carbocycles. The van der Waals surface area contributed by atoms with E-state index in [0.29, 0.717) is 0 Å². The quantitative estimate of drug-likeness (QED) is 0.313. The first-order chi connectivity index (χ1) is 10.4. The first-order valence-corrected chi connectivity index (χ1v) is 8.84. The summed E-state index contributed by atoms with van der Waals surface area (Å²) in [5.41, 5.74) is 2.95. The summed E-state index contributed by atoms with van der Waals surface area (Å²) in [5.74, 6) is 2.46. The van der Waals surface area contributed by atoms with Crippen LogP contribution in [0.3, 0.4) is 0 Å². The first-order valence-electron chi connectivity index (χ1n) is 8.84. The van der Waals surface area contributed by atoms with Gasteiger partial charge >= 0.3 is 0 Å². The standard InChI is InChI=1S/C21H31/c1-3-5-7-9-11-13-15-21-18-16-20(17-19-21)14-12-10-8-6-4-2/h16-19H,3,5-15H2,1H3. The van der Waals surface area contributed by atoms with Crippen LogP contribution in [0.5, 0.6) is 0 Å². The summed E-state index contributed by atoms with van der Waals surface area (Å²) in [6.45, 7) is 2.27. The Balaban J connectivity index is 2.11. The minimum absolute atomic E-state index is 0.817. The van der Waals surface area contributed by atoms with E-state index in [1.165, 1.54) is 75.3 Å². The maximum Gasteiger partial charge on any atom is 0.00989 e. The summed E-state index contributed by atoms with van der Waals surface area (Å²) in [5, 5.41) is 0.